The zero-order chi connectivity index (χ0) is 24.7. The molecule has 3 rings (SSSR count). The van der Waals surface area contributed by atoms with E-state index in [1.807, 2.05) is 32.9 Å². The van der Waals surface area contributed by atoms with Gasteiger partial charge < -0.3 is 5.32 Å². The van der Waals surface area contributed by atoms with E-state index in [-0.39, 0.29) is 10.7 Å². The highest BCUT2D eigenvalue weighted by atomic mass is 32.2. The highest BCUT2D eigenvalue weighted by Gasteiger charge is 2.23. The number of sulfonamides is 1. The second-order valence-electron chi connectivity index (χ2n) is 8.07. The van der Waals surface area contributed by atoms with Gasteiger partial charge in [0.05, 0.1) is 10.6 Å². The summed E-state index contributed by atoms with van der Waals surface area (Å²) in [6.45, 7) is 6.55. The van der Waals surface area contributed by atoms with E-state index in [0.717, 1.165) is 18.4 Å². The number of amides is 1. The molecule has 0 fully saturated rings. The number of hydrogen-bond donors (Lipinski definition) is 1. The second kappa shape index (κ2) is 11.2. The zero-order valence-electron chi connectivity index (χ0n) is 19.7. The van der Waals surface area contributed by atoms with Gasteiger partial charge in [0.2, 0.25) is 10.0 Å². The molecule has 0 aliphatic rings. The molecule has 0 atom stereocenters. The third-order valence-corrected chi connectivity index (χ3v) is 7.56. The number of unbranched alkanes of at least 4 members (excludes halogenated alkanes) is 1. The van der Waals surface area contributed by atoms with Crippen LogP contribution >= 0.6 is 0 Å². The lowest BCUT2D eigenvalue weighted by molar-refractivity contribution is 0.102. The minimum absolute atomic E-state index is 0.150. The van der Waals surface area contributed by atoms with Gasteiger partial charge in [-0.1, -0.05) is 62.2 Å². The molecule has 1 amide bonds. The van der Waals surface area contributed by atoms with Gasteiger partial charge in [-0.15, -0.1) is 0 Å². The predicted octanol–water partition coefficient (Wildman–Crippen LogP) is 5.29. The molecule has 0 saturated carbocycles. The standard InChI is InChI=1S/C27H30N2O4S/c1-4-6-18-29(5-2)34(32,33)23-15-13-22(14-16-23)27(31)28-25-17-12-20(3)19-24(25)26(30)21-10-8-7-9-11-21/h7-17,19H,4-6,18H2,1-3H3,(H,28,31). The zero-order valence-corrected chi connectivity index (χ0v) is 20.6. The Hall–Kier alpha value is -3.29. The lowest BCUT2D eigenvalue weighted by Crippen LogP contribution is -2.31. The SMILES string of the molecule is CCCCN(CC)S(=O)(=O)c1ccc(C(=O)Nc2ccc(C)cc2C(=O)c2ccccc2)cc1. The Balaban J connectivity index is 1.82. The summed E-state index contributed by atoms with van der Waals surface area (Å²) < 4.78 is 27.3. The molecule has 1 N–H and O–H groups in total. The lowest BCUT2D eigenvalue weighted by Gasteiger charge is -2.20. The van der Waals surface area contributed by atoms with Crippen LogP contribution in [0, 0.1) is 6.92 Å². The fourth-order valence-electron chi connectivity index (χ4n) is 3.60. The van der Waals surface area contributed by atoms with Crippen LogP contribution in [0.3, 0.4) is 0 Å². The van der Waals surface area contributed by atoms with Crippen molar-refractivity contribution in [1.29, 1.82) is 0 Å². The van der Waals surface area contributed by atoms with Gasteiger partial charge >= 0.3 is 0 Å². The monoisotopic (exact) mass is 478 g/mol. The molecule has 34 heavy (non-hydrogen) atoms. The topological polar surface area (TPSA) is 83.6 Å². The molecule has 0 heterocycles. The van der Waals surface area contributed by atoms with Gasteiger partial charge in [-0.2, -0.15) is 4.31 Å². The molecule has 0 aliphatic carbocycles. The maximum Gasteiger partial charge on any atom is 0.255 e. The van der Waals surface area contributed by atoms with Gasteiger partial charge in [-0.3, -0.25) is 9.59 Å². The number of carbonyl (C=O) groups excluding carboxylic acids is 2. The first kappa shape index (κ1) is 25.3. The highest BCUT2D eigenvalue weighted by Crippen LogP contribution is 2.23. The normalized spacial score (nSPS) is 11.4. The van der Waals surface area contributed by atoms with Crippen LogP contribution in [0.1, 0.15) is 58.5 Å². The van der Waals surface area contributed by atoms with Gasteiger partial charge in [0.25, 0.3) is 5.91 Å². The Kier molecular flexibility index (Phi) is 8.36. The molecule has 3 aromatic rings. The third-order valence-electron chi connectivity index (χ3n) is 5.57. The van der Waals surface area contributed by atoms with Crippen LogP contribution in [0.4, 0.5) is 5.69 Å². The Bertz CT molecular complexity index is 1250. The van der Waals surface area contributed by atoms with E-state index in [0.29, 0.717) is 35.5 Å². The minimum atomic E-state index is -3.62. The van der Waals surface area contributed by atoms with Crippen molar-refractivity contribution in [2.75, 3.05) is 18.4 Å². The largest absolute Gasteiger partial charge is 0.321 e. The van der Waals surface area contributed by atoms with Crippen LogP contribution in [-0.4, -0.2) is 37.5 Å². The van der Waals surface area contributed by atoms with Crippen LogP contribution in [-0.2, 0) is 10.0 Å². The summed E-state index contributed by atoms with van der Waals surface area (Å²) in [5.41, 5.74) is 2.53. The van der Waals surface area contributed by atoms with Crippen molar-refractivity contribution in [2.45, 2.75) is 38.5 Å². The van der Waals surface area contributed by atoms with Gasteiger partial charge in [-0.05, 0) is 49.7 Å². The molecule has 0 unspecified atom stereocenters. The highest BCUT2D eigenvalue weighted by molar-refractivity contribution is 7.89. The Morgan fingerprint density at radius 3 is 2.18 bits per heavy atom. The average Bonchev–Trinajstić information content (AvgIpc) is 2.85. The fourth-order valence-corrected chi connectivity index (χ4v) is 5.09. The summed E-state index contributed by atoms with van der Waals surface area (Å²) in [7, 11) is -3.62. The van der Waals surface area contributed by atoms with Crippen LogP contribution in [0.2, 0.25) is 0 Å². The summed E-state index contributed by atoms with van der Waals surface area (Å²) in [6, 6.07) is 20.0. The van der Waals surface area contributed by atoms with Crippen molar-refractivity contribution in [1.82, 2.24) is 4.31 Å². The minimum Gasteiger partial charge on any atom is -0.321 e. The van der Waals surface area contributed by atoms with Crippen LogP contribution < -0.4 is 5.32 Å². The number of aryl methyl sites for hydroxylation is 1. The first-order valence-corrected chi connectivity index (χ1v) is 12.8. The number of ketones is 1. The molecule has 0 radical (unpaired) electrons. The first-order chi connectivity index (χ1) is 16.3. The van der Waals surface area contributed by atoms with Crippen LogP contribution in [0.25, 0.3) is 0 Å². The molecule has 0 bridgehead atoms. The van der Waals surface area contributed by atoms with E-state index >= 15 is 0 Å². The Morgan fingerprint density at radius 2 is 1.56 bits per heavy atom. The van der Waals surface area contributed by atoms with Crippen molar-refractivity contribution in [3.05, 3.63) is 95.1 Å². The van der Waals surface area contributed by atoms with E-state index in [1.165, 1.54) is 28.6 Å². The summed E-state index contributed by atoms with van der Waals surface area (Å²) in [5, 5.41) is 2.81. The van der Waals surface area contributed by atoms with E-state index < -0.39 is 15.9 Å². The summed E-state index contributed by atoms with van der Waals surface area (Å²) in [5.74, 6) is -0.610. The van der Waals surface area contributed by atoms with Gasteiger partial charge in [0.1, 0.15) is 0 Å². The Labute approximate surface area is 201 Å². The predicted molar refractivity (Wildman–Crippen MR) is 135 cm³/mol. The molecule has 0 aromatic heterocycles. The molecule has 0 spiro atoms. The molecule has 7 heteroatoms. The van der Waals surface area contributed by atoms with Gasteiger partial charge in [-0.25, -0.2) is 8.42 Å². The quantitative estimate of drug-likeness (QED) is 0.401. The molecular formula is C27H30N2O4S. The Morgan fingerprint density at radius 1 is 0.882 bits per heavy atom. The van der Waals surface area contributed by atoms with Crippen molar-refractivity contribution >= 4 is 27.4 Å². The fraction of sp³-hybridized carbons (Fsp3) is 0.259. The van der Waals surface area contributed by atoms with E-state index in [2.05, 4.69) is 5.32 Å². The molecule has 3 aromatic carbocycles. The first-order valence-electron chi connectivity index (χ1n) is 11.4. The van der Waals surface area contributed by atoms with Crippen molar-refractivity contribution in [3.63, 3.8) is 0 Å². The molecular weight excluding hydrogens is 448 g/mol. The van der Waals surface area contributed by atoms with Crippen LogP contribution in [0.15, 0.2) is 77.7 Å². The van der Waals surface area contributed by atoms with E-state index in [4.69, 9.17) is 0 Å². The van der Waals surface area contributed by atoms with Crippen LogP contribution in [0.5, 0.6) is 0 Å². The summed E-state index contributed by atoms with van der Waals surface area (Å²) >= 11 is 0. The third kappa shape index (κ3) is 5.79. The summed E-state index contributed by atoms with van der Waals surface area (Å²) in [4.78, 5) is 26.1. The number of nitrogens with zero attached hydrogens (tertiary/aromatic N) is 1. The van der Waals surface area contributed by atoms with Crippen molar-refractivity contribution < 1.29 is 18.0 Å². The molecule has 178 valence electrons. The maximum absolute atomic E-state index is 13.0. The number of anilines is 1. The average molecular weight is 479 g/mol. The number of hydrogen-bond acceptors (Lipinski definition) is 4. The maximum atomic E-state index is 13.0. The second-order valence-corrected chi connectivity index (χ2v) is 10.0. The summed E-state index contributed by atoms with van der Waals surface area (Å²) in [6.07, 6.45) is 1.69. The number of carbonyl (C=O) groups is 2. The van der Waals surface area contributed by atoms with Gasteiger partial charge in [0, 0.05) is 29.8 Å². The molecule has 0 aliphatic heterocycles. The van der Waals surface area contributed by atoms with E-state index in [9.17, 15) is 18.0 Å². The van der Waals surface area contributed by atoms with Gasteiger partial charge in [0.15, 0.2) is 5.78 Å². The van der Waals surface area contributed by atoms with E-state index in [1.54, 1.807) is 36.4 Å². The number of benzene rings is 3. The van der Waals surface area contributed by atoms with Crippen molar-refractivity contribution in [2.24, 2.45) is 0 Å². The number of rotatable bonds is 10. The lowest BCUT2D eigenvalue weighted by atomic mass is 9.99. The van der Waals surface area contributed by atoms with Crippen molar-refractivity contribution in [3.8, 4) is 0 Å². The smallest absolute Gasteiger partial charge is 0.255 e. The molecule has 0 saturated heterocycles. The number of nitrogens with one attached hydrogen (secondary N) is 1. The molecule has 6 nitrogen and oxygen atoms in total.